The summed E-state index contributed by atoms with van der Waals surface area (Å²) in [5.41, 5.74) is 8.50. The number of nitrogens with zero attached hydrogens (tertiary/aromatic N) is 1. The summed E-state index contributed by atoms with van der Waals surface area (Å²) < 4.78 is 0. The van der Waals surface area contributed by atoms with Crippen LogP contribution in [0.4, 0.5) is 5.69 Å². The van der Waals surface area contributed by atoms with Crippen LogP contribution in [0.5, 0.6) is 5.75 Å². The van der Waals surface area contributed by atoms with Gasteiger partial charge < -0.3 is 16.2 Å². The number of H-pyrrole nitrogens is 1. The third-order valence-corrected chi connectivity index (χ3v) is 2.71. The van der Waals surface area contributed by atoms with Crippen molar-refractivity contribution in [3.05, 3.63) is 41.7 Å². The van der Waals surface area contributed by atoms with Crippen LogP contribution in [0.15, 0.2) is 30.5 Å². The number of nitrogens with one attached hydrogen (secondary N) is 2. The molecule has 0 unspecified atom stereocenters. The Morgan fingerprint density at radius 2 is 2.28 bits per heavy atom. The lowest BCUT2D eigenvalue weighted by molar-refractivity contribution is 0.474. The quantitative estimate of drug-likeness (QED) is 0.581. The van der Waals surface area contributed by atoms with Gasteiger partial charge in [0.25, 0.3) is 0 Å². The van der Waals surface area contributed by atoms with E-state index in [-0.39, 0.29) is 5.75 Å². The van der Waals surface area contributed by atoms with Gasteiger partial charge in [-0.05, 0) is 30.7 Å². The Balaban J connectivity index is 2.03. The van der Waals surface area contributed by atoms with Crippen LogP contribution in [-0.4, -0.2) is 28.4 Å². The minimum Gasteiger partial charge on any atom is -0.508 e. The van der Waals surface area contributed by atoms with Crippen molar-refractivity contribution in [3.8, 4) is 5.75 Å². The predicted octanol–water partition coefficient (Wildman–Crippen LogP) is 1.47. The Bertz CT molecular complexity index is 495. The number of anilines is 1. The first-order valence-corrected chi connectivity index (χ1v) is 6.03. The summed E-state index contributed by atoms with van der Waals surface area (Å²) in [7, 11) is 0. The summed E-state index contributed by atoms with van der Waals surface area (Å²) in [5, 5.41) is 19.7. The number of aromatic amines is 1. The molecule has 0 atom stereocenters. The van der Waals surface area contributed by atoms with Gasteiger partial charge in [-0.25, -0.2) is 0 Å². The molecular formula is C13H18N4O. The van der Waals surface area contributed by atoms with Crippen LogP contribution in [0.2, 0.25) is 0 Å². The molecule has 0 saturated heterocycles. The number of aromatic nitrogens is 2. The topological polar surface area (TPSA) is 87.0 Å². The number of phenols is 1. The Labute approximate surface area is 106 Å². The molecule has 1 aromatic carbocycles. The number of hydrogen-bond donors (Lipinski definition) is 4. The van der Waals surface area contributed by atoms with Crippen molar-refractivity contribution >= 4 is 5.69 Å². The average molecular weight is 246 g/mol. The van der Waals surface area contributed by atoms with Gasteiger partial charge in [0.2, 0.25) is 0 Å². The van der Waals surface area contributed by atoms with E-state index in [2.05, 4.69) is 15.5 Å². The Morgan fingerprint density at radius 1 is 1.39 bits per heavy atom. The molecule has 2 rings (SSSR count). The minimum absolute atomic E-state index is 0.282. The number of hydrogen-bond acceptors (Lipinski definition) is 4. The van der Waals surface area contributed by atoms with E-state index < -0.39 is 0 Å². The van der Waals surface area contributed by atoms with Crippen molar-refractivity contribution in [3.63, 3.8) is 0 Å². The van der Waals surface area contributed by atoms with E-state index in [0.717, 1.165) is 29.9 Å². The molecule has 1 aromatic heterocycles. The highest BCUT2D eigenvalue weighted by atomic mass is 16.3. The first kappa shape index (κ1) is 12.4. The third kappa shape index (κ3) is 3.24. The first-order chi connectivity index (χ1) is 8.79. The molecule has 0 radical (unpaired) electrons. The molecule has 0 spiro atoms. The van der Waals surface area contributed by atoms with Crippen molar-refractivity contribution in [1.82, 2.24) is 10.2 Å². The zero-order chi connectivity index (χ0) is 12.8. The van der Waals surface area contributed by atoms with Crippen molar-refractivity contribution in [2.45, 2.75) is 12.8 Å². The SMILES string of the molecule is NCCCNc1cn[nH]c1Cc1cccc(O)c1. The molecule has 5 heteroatoms. The van der Waals surface area contributed by atoms with E-state index in [4.69, 9.17) is 5.73 Å². The zero-order valence-electron chi connectivity index (χ0n) is 10.2. The van der Waals surface area contributed by atoms with Crippen molar-refractivity contribution in [2.24, 2.45) is 5.73 Å². The molecule has 18 heavy (non-hydrogen) atoms. The van der Waals surface area contributed by atoms with E-state index >= 15 is 0 Å². The highest BCUT2D eigenvalue weighted by Crippen LogP contribution is 2.18. The molecule has 0 aliphatic rings. The van der Waals surface area contributed by atoms with Crippen LogP contribution < -0.4 is 11.1 Å². The van der Waals surface area contributed by atoms with Crippen LogP contribution in [0.1, 0.15) is 17.7 Å². The van der Waals surface area contributed by atoms with Crippen LogP contribution in [0.3, 0.4) is 0 Å². The molecule has 2 aromatic rings. The van der Waals surface area contributed by atoms with Gasteiger partial charge >= 0.3 is 0 Å². The minimum atomic E-state index is 0.282. The van der Waals surface area contributed by atoms with Crippen molar-refractivity contribution in [1.29, 1.82) is 0 Å². The summed E-state index contributed by atoms with van der Waals surface area (Å²) in [6.45, 7) is 1.51. The van der Waals surface area contributed by atoms with Crippen molar-refractivity contribution < 1.29 is 5.11 Å². The normalized spacial score (nSPS) is 10.5. The molecule has 0 aliphatic heterocycles. The molecule has 0 amide bonds. The maximum Gasteiger partial charge on any atom is 0.115 e. The maximum absolute atomic E-state index is 9.43. The summed E-state index contributed by atoms with van der Waals surface area (Å²) >= 11 is 0. The Kier molecular flexibility index (Phi) is 4.20. The van der Waals surface area contributed by atoms with E-state index in [1.807, 2.05) is 12.1 Å². The molecule has 1 heterocycles. The number of phenolic OH excluding ortho intramolecular Hbond substituents is 1. The lowest BCUT2D eigenvalue weighted by Crippen LogP contribution is -2.09. The second-order valence-corrected chi connectivity index (χ2v) is 4.18. The fourth-order valence-electron chi connectivity index (χ4n) is 1.80. The fraction of sp³-hybridized carbons (Fsp3) is 0.308. The molecule has 0 saturated carbocycles. The van der Waals surface area contributed by atoms with Crippen molar-refractivity contribution in [2.75, 3.05) is 18.4 Å². The highest BCUT2D eigenvalue weighted by molar-refractivity contribution is 5.48. The number of rotatable bonds is 6. The van der Waals surface area contributed by atoms with Gasteiger partial charge in [0, 0.05) is 13.0 Å². The lowest BCUT2D eigenvalue weighted by atomic mass is 10.1. The lowest BCUT2D eigenvalue weighted by Gasteiger charge is -2.06. The smallest absolute Gasteiger partial charge is 0.115 e. The highest BCUT2D eigenvalue weighted by Gasteiger charge is 2.05. The van der Waals surface area contributed by atoms with Crippen LogP contribution in [0.25, 0.3) is 0 Å². The predicted molar refractivity (Wildman–Crippen MR) is 71.7 cm³/mol. The first-order valence-electron chi connectivity index (χ1n) is 6.03. The zero-order valence-corrected chi connectivity index (χ0v) is 10.2. The van der Waals surface area contributed by atoms with Gasteiger partial charge in [0.05, 0.1) is 17.6 Å². The van der Waals surface area contributed by atoms with Gasteiger partial charge in [-0.2, -0.15) is 5.10 Å². The molecule has 0 aliphatic carbocycles. The summed E-state index contributed by atoms with van der Waals surface area (Å²) in [6, 6.07) is 7.23. The maximum atomic E-state index is 9.43. The van der Waals surface area contributed by atoms with Crippen LogP contribution in [0, 0.1) is 0 Å². The monoisotopic (exact) mass is 246 g/mol. The summed E-state index contributed by atoms with van der Waals surface area (Å²) in [6.07, 6.45) is 3.41. The third-order valence-electron chi connectivity index (χ3n) is 2.71. The molecular weight excluding hydrogens is 228 g/mol. The summed E-state index contributed by atoms with van der Waals surface area (Å²) in [4.78, 5) is 0. The largest absolute Gasteiger partial charge is 0.508 e. The summed E-state index contributed by atoms with van der Waals surface area (Å²) in [5.74, 6) is 0.282. The molecule has 5 nitrogen and oxygen atoms in total. The second-order valence-electron chi connectivity index (χ2n) is 4.18. The van der Waals surface area contributed by atoms with Gasteiger partial charge in [0.15, 0.2) is 0 Å². The Morgan fingerprint density at radius 3 is 3.06 bits per heavy atom. The standard InChI is InChI=1S/C13H18N4O/c14-5-2-6-15-13-9-16-17-12(13)8-10-3-1-4-11(18)7-10/h1,3-4,7,9,15,18H,2,5-6,8,14H2,(H,16,17). The number of benzene rings is 1. The van der Waals surface area contributed by atoms with Gasteiger partial charge in [-0.1, -0.05) is 12.1 Å². The number of nitrogens with two attached hydrogens (primary N) is 1. The van der Waals surface area contributed by atoms with Crippen LogP contribution in [-0.2, 0) is 6.42 Å². The van der Waals surface area contributed by atoms with Gasteiger partial charge in [0.1, 0.15) is 5.75 Å². The Hall–Kier alpha value is -2.01. The second kappa shape index (κ2) is 6.07. The van der Waals surface area contributed by atoms with Gasteiger partial charge in [-0.3, -0.25) is 5.10 Å². The average Bonchev–Trinajstić information content (AvgIpc) is 2.77. The molecule has 96 valence electrons. The fourth-order valence-corrected chi connectivity index (χ4v) is 1.80. The van der Waals surface area contributed by atoms with Gasteiger partial charge in [-0.15, -0.1) is 0 Å². The molecule has 5 N–H and O–H groups in total. The van der Waals surface area contributed by atoms with E-state index in [0.29, 0.717) is 13.0 Å². The van der Waals surface area contributed by atoms with Crippen LogP contribution >= 0.6 is 0 Å². The van der Waals surface area contributed by atoms with E-state index in [9.17, 15) is 5.11 Å². The number of aromatic hydroxyl groups is 1. The molecule has 0 bridgehead atoms. The van der Waals surface area contributed by atoms with E-state index in [1.165, 1.54) is 0 Å². The van der Waals surface area contributed by atoms with E-state index in [1.54, 1.807) is 18.3 Å². The molecule has 0 fully saturated rings.